The maximum Gasteiger partial charge on any atom is 0.240 e. The van der Waals surface area contributed by atoms with Crippen LogP contribution < -0.4 is 15.4 Å². The Kier molecular flexibility index (Phi) is 5.35. The lowest BCUT2D eigenvalue weighted by molar-refractivity contribution is -0.122. The summed E-state index contributed by atoms with van der Waals surface area (Å²) < 4.78 is 5.25. The number of carbonyl (C=O) groups excluding carboxylic acids is 2. The van der Waals surface area contributed by atoms with Gasteiger partial charge < -0.3 is 15.4 Å². The molecule has 0 aromatic heterocycles. The standard InChI is InChI=1S/C18H17N3O3S/c1-24-14-10-6-5-9-13(14)20-18-21-17(23)15(25-18)11-16(22)19-12-7-3-2-4-8-12/h2-10,15H,11H2,1H3,(H,19,22)(H,20,21,23)/t15-/m0/s1. The van der Waals surface area contributed by atoms with Crippen LogP contribution in [0.2, 0.25) is 0 Å². The molecule has 0 saturated carbocycles. The van der Waals surface area contributed by atoms with Crippen molar-refractivity contribution in [1.29, 1.82) is 0 Å². The van der Waals surface area contributed by atoms with Crippen molar-refractivity contribution >= 4 is 40.1 Å². The number of nitrogens with one attached hydrogen (secondary N) is 2. The minimum atomic E-state index is -0.503. The van der Waals surface area contributed by atoms with Crippen molar-refractivity contribution in [3.8, 4) is 5.75 Å². The van der Waals surface area contributed by atoms with Gasteiger partial charge in [0.2, 0.25) is 11.8 Å². The highest BCUT2D eigenvalue weighted by Gasteiger charge is 2.32. The first-order chi connectivity index (χ1) is 12.2. The molecule has 128 valence electrons. The van der Waals surface area contributed by atoms with Gasteiger partial charge in [-0.25, -0.2) is 4.99 Å². The molecule has 1 aliphatic rings. The molecule has 0 unspecified atom stereocenters. The third-order valence-electron chi connectivity index (χ3n) is 3.51. The predicted molar refractivity (Wildman–Crippen MR) is 99.3 cm³/mol. The van der Waals surface area contributed by atoms with Crippen molar-refractivity contribution in [2.24, 2.45) is 4.99 Å². The summed E-state index contributed by atoms with van der Waals surface area (Å²) in [5, 5.41) is 5.45. The lowest BCUT2D eigenvalue weighted by Gasteiger charge is -2.07. The van der Waals surface area contributed by atoms with Crippen molar-refractivity contribution in [2.75, 3.05) is 12.4 Å². The molecule has 1 heterocycles. The van der Waals surface area contributed by atoms with E-state index in [2.05, 4.69) is 15.6 Å². The molecule has 0 aliphatic carbocycles. The summed E-state index contributed by atoms with van der Waals surface area (Å²) in [5.41, 5.74) is 1.33. The van der Waals surface area contributed by atoms with Crippen LogP contribution in [0.5, 0.6) is 5.75 Å². The summed E-state index contributed by atoms with van der Waals surface area (Å²) in [7, 11) is 1.57. The molecule has 0 bridgehead atoms. The highest BCUT2D eigenvalue weighted by molar-refractivity contribution is 8.15. The minimum Gasteiger partial charge on any atom is -0.494 e. The van der Waals surface area contributed by atoms with E-state index in [9.17, 15) is 9.59 Å². The fourth-order valence-electron chi connectivity index (χ4n) is 2.33. The van der Waals surface area contributed by atoms with Gasteiger partial charge in [0.15, 0.2) is 5.17 Å². The average Bonchev–Trinajstić information content (AvgIpc) is 2.95. The molecule has 2 amide bonds. The largest absolute Gasteiger partial charge is 0.494 e. The van der Waals surface area contributed by atoms with Crippen molar-refractivity contribution in [3.63, 3.8) is 0 Å². The van der Waals surface area contributed by atoms with Crippen molar-refractivity contribution in [3.05, 3.63) is 54.6 Å². The quantitative estimate of drug-likeness (QED) is 0.864. The molecular weight excluding hydrogens is 338 g/mol. The number of nitrogens with zero attached hydrogens (tertiary/aromatic N) is 1. The number of rotatable bonds is 5. The van der Waals surface area contributed by atoms with E-state index in [1.807, 2.05) is 30.3 Å². The Labute approximate surface area is 149 Å². The second kappa shape index (κ2) is 7.85. The van der Waals surface area contributed by atoms with Gasteiger partial charge in [-0.1, -0.05) is 42.1 Å². The summed E-state index contributed by atoms with van der Waals surface area (Å²) in [5.74, 6) is 0.189. The average molecular weight is 355 g/mol. The molecule has 0 spiro atoms. The molecule has 3 rings (SSSR count). The summed E-state index contributed by atoms with van der Waals surface area (Å²) in [6.07, 6.45) is 0.0797. The minimum absolute atomic E-state index is 0.0797. The van der Waals surface area contributed by atoms with E-state index < -0.39 is 5.25 Å². The smallest absolute Gasteiger partial charge is 0.240 e. The van der Waals surface area contributed by atoms with Gasteiger partial charge in [0.1, 0.15) is 16.7 Å². The maximum absolute atomic E-state index is 12.1. The number of amidine groups is 1. The van der Waals surface area contributed by atoms with Crippen LogP contribution >= 0.6 is 11.8 Å². The Morgan fingerprint density at radius 2 is 1.92 bits per heavy atom. The number of aliphatic imine (C=N–C) groups is 1. The molecule has 1 aliphatic heterocycles. The van der Waals surface area contributed by atoms with Crippen molar-refractivity contribution in [2.45, 2.75) is 11.7 Å². The van der Waals surface area contributed by atoms with Gasteiger partial charge in [0, 0.05) is 12.1 Å². The number of methoxy groups -OCH3 is 1. The SMILES string of the molecule is COc1ccccc1N=C1NC(=O)[C@H](CC(=O)Nc2ccccc2)S1. The number of ether oxygens (including phenoxy) is 1. The van der Waals surface area contributed by atoms with Crippen molar-refractivity contribution < 1.29 is 14.3 Å². The topological polar surface area (TPSA) is 79.8 Å². The van der Waals surface area contributed by atoms with Crippen molar-refractivity contribution in [1.82, 2.24) is 5.32 Å². The zero-order valence-electron chi connectivity index (χ0n) is 13.6. The number of carbonyl (C=O) groups is 2. The molecule has 2 N–H and O–H groups in total. The van der Waals surface area contributed by atoms with Crippen LogP contribution in [0.25, 0.3) is 0 Å². The summed E-state index contributed by atoms with van der Waals surface area (Å²) >= 11 is 1.24. The number of benzene rings is 2. The van der Waals surface area contributed by atoms with Gasteiger partial charge in [-0.2, -0.15) is 0 Å². The number of thioether (sulfide) groups is 1. The fourth-order valence-corrected chi connectivity index (χ4v) is 3.31. The second-order valence-corrected chi connectivity index (χ2v) is 6.49. The van der Waals surface area contributed by atoms with E-state index >= 15 is 0 Å². The Morgan fingerprint density at radius 3 is 2.68 bits per heavy atom. The van der Waals surface area contributed by atoms with Crippen LogP contribution in [0.1, 0.15) is 6.42 Å². The third kappa shape index (κ3) is 4.39. The normalized spacial score (nSPS) is 18.0. The van der Waals surface area contributed by atoms with Crippen LogP contribution in [0.4, 0.5) is 11.4 Å². The molecular formula is C18H17N3O3S. The van der Waals surface area contributed by atoms with Gasteiger partial charge in [-0.3, -0.25) is 9.59 Å². The summed E-state index contributed by atoms with van der Waals surface area (Å²) in [4.78, 5) is 28.6. The maximum atomic E-state index is 12.1. The molecule has 1 saturated heterocycles. The van der Waals surface area contributed by atoms with Crippen LogP contribution in [0.15, 0.2) is 59.6 Å². The number of hydrogen-bond donors (Lipinski definition) is 2. The number of anilines is 1. The lowest BCUT2D eigenvalue weighted by Crippen LogP contribution is -2.28. The van der Waals surface area contributed by atoms with Gasteiger partial charge in [-0.05, 0) is 24.3 Å². The molecule has 6 nitrogen and oxygen atoms in total. The zero-order valence-corrected chi connectivity index (χ0v) is 14.4. The number of amides is 2. The van der Waals surface area contributed by atoms with E-state index in [0.29, 0.717) is 22.3 Å². The Hall–Kier alpha value is -2.80. The zero-order chi connectivity index (χ0) is 17.6. The highest BCUT2D eigenvalue weighted by atomic mass is 32.2. The molecule has 2 aromatic rings. The molecule has 0 radical (unpaired) electrons. The fraction of sp³-hybridized carbons (Fsp3) is 0.167. The Balaban J connectivity index is 1.64. The Morgan fingerprint density at radius 1 is 1.20 bits per heavy atom. The van der Waals surface area contributed by atoms with E-state index in [4.69, 9.17) is 4.74 Å². The van der Waals surface area contributed by atoms with Crippen LogP contribution in [-0.2, 0) is 9.59 Å². The second-order valence-electron chi connectivity index (χ2n) is 5.30. The number of hydrogen-bond acceptors (Lipinski definition) is 5. The monoisotopic (exact) mass is 355 g/mol. The molecule has 2 aromatic carbocycles. The first-order valence-electron chi connectivity index (χ1n) is 7.70. The van der Waals surface area contributed by atoms with Gasteiger partial charge in [0.25, 0.3) is 0 Å². The van der Waals surface area contributed by atoms with Gasteiger partial charge in [-0.15, -0.1) is 0 Å². The van der Waals surface area contributed by atoms with Crippen LogP contribution in [0.3, 0.4) is 0 Å². The van der Waals surface area contributed by atoms with E-state index in [0.717, 1.165) is 0 Å². The van der Waals surface area contributed by atoms with E-state index in [1.54, 1.807) is 31.4 Å². The van der Waals surface area contributed by atoms with Gasteiger partial charge in [0.05, 0.1) is 7.11 Å². The summed E-state index contributed by atoms with van der Waals surface area (Å²) in [6, 6.07) is 16.4. The van der Waals surface area contributed by atoms with Crippen LogP contribution in [-0.4, -0.2) is 29.3 Å². The van der Waals surface area contributed by atoms with E-state index in [1.165, 1.54) is 11.8 Å². The molecule has 25 heavy (non-hydrogen) atoms. The first-order valence-corrected chi connectivity index (χ1v) is 8.58. The van der Waals surface area contributed by atoms with Crippen LogP contribution in [0, 0.1) is 0 Å². The first kappa shape index (κ1) is 17.0. The molecule has 7 heteroatoms. The third-order valence-corrected chi connectivity index (χ3v) is 4.59. The Bertz CT molecular complexity index is 808. The van der Waals surface area contributed by atoms with Gasteiger partial charge >= 0.3 is 0 Å². The molecule has 1 fully saturated rings. The summed E-state index contributed by atoms with van der Waals surface area (Å²) in [6.45, 7) is 0. The number of para-hydroxylation sites is 3. The lowest BCUT2D eigenvalue weighted by atomic mass is 10.2. The predicted octanol–water partition coefficient (Wildman–Crippen LogP) is 2.94. The van der Waals surface area contributed by atoms with E-state index in [-0.39, 0.29) is 18.2 Å². The highest BCUT2D eigenvalue weighted by Crippen LogP contribution is 2.30. The molecule has 1 atom stereocenters.